The SMILES string of the molecule is Cc1cccc(CC(C(=O)O)c2ccccc2Br)n1. The van der Waals surface area contributed by atoms with Gasteiger partial charge in [0, 0.05) is 22.3 Å². The molecule has 98 valence electrons. The predicted octanol–water partition coefficient (Wildman–Crippen LogP) is 3.56. The highest BCUT2D eigenvalue weighted by atomic mass is 79.9. The third-order valence-corrected chi connectivity index (χ3v) is 3.66. The molecule has 0 aliphatic rings. The fourth-order valence-electron chi connectivity index (χ4n) is 2.01. The van der Waals surface area contributed by atoms with Gasteiger partial charge in [0.1, 0.15) is 0 Å². The van der Waals surface area contributed by atoms with E-state index < -0.39 is 11.9 Å². The van der Waals surface area contributed by atoms with Crippen molar-refractivity contribution in [2.24, 2.45) is 0 Å². The van der Waals surface area contributed by atoms with Crippen LogP contribution in [0.1, 0.15) is 22.9 Å². The van der Waals surface area contributed by atoms with Crippen LogP contribution in [0, 0.1) is 6.92 Å². The lowest BCUT2D eigenvalue weighted by atomic mass is 9.94. The Balaban J connectivity index is 2.32. The van der Waals surface area contributed by atoms with E-state index in [1.807, 2.05) is 49.4 Å². The molecular weight excluding hydrogens is 306 g/mol. The van der Waals surface area contributed by atoms with Crippen LogP contribution in [-0.2, 0) is 11.2 Å². The Bertz CT molecular complexity index is 598. The van der Waals surface area contributed by atoms with Crippen LogP contribution < -0.4 is 0 Å². The molecule has 0 saturated carbocycles. The van der Waals surface area contributed by atoms with E-state index in [0.717, 1.165) is 21.4 Å². The van der Waals surface area contributed by atoms with E-state index in [-0.39, 0.29) is 0 Å². The second-order valence-corrected chi connectivity index (χ2v) is 5.24. The standard InChI is InChI=1S/C15H14BrNO2/c1-10-5-4-6-11(17-10)9-13(15(18)19)12-7-2-3-8-14(12)16/h2-8,13H,9H2,1H3,(H,18,19). The molecule has 0 bridgehead atoms. The number of halogens is 1. The van der Waals surface area contributed by atoms with E-state index in [9.17, 15) is 9.90 Å². The monoisotopic (exact) mass is 319 g/mol. The smallest absolute Gasteiger partial charge is 0.311 e. The molecule has 3 nitrogen and oxygen atoms in total. The largest absolute Gasteiger partial charge is 0.481 e. The summed E-state index contributed by atoms with van der Waals surface area (Å²) in [6.07, 6.45) is 0.389. The molecule has 1 aromatic carbocycles. The average Bonchev–Trinajstić information content (AvgIpc) is 2.37. The van der Waals surface area contributed by atoms with E-state index in [1.54, 1.807) is 0 Å². The van der Waals surface area contributed by atoms with Gasteiger partial charge in [-0.2, -0.15) is 0 Å². The average molecular weight is 320 g/mol. The molecule has 2 aromatic rings. The van der Waals surface area contributed by atoms with Crippen LogP contribution >= 0.6 is 15.9 Å². The fourth-order valence-corrected chi connectivity index (χ4v) is 2.57. The molecule has 1 aromatic heterocycles. The number of aliphatic carboxylic acids is 1. The van der Waals surface area contributed by atoms with Gasteiger partial charge in [0.05, 0.1) is 5.92 Å². The van der Waals surface area contributed by atoms with Crippen molar-refractivity contribution in [1.29, 1.82) is 0 Å². The van der Waals surface area contributed by atoms with E-state index in [2.05, 4.69) is 20.9 Å². The normalized spacial score (nSPS) is 12.1. The van der Waals surface area contributed by atoms with Crippen LogP contribution in [-0.4, -0.2) is 16.1 Å². The summed E-state index contributed by atoms with van der Waals surface area (Å²) in [5, 5.41) is 9.43. The number of hydrogen-bond acceptors (Lipinski definition) is 2. The zero-order chi connectivity index (χ0) is 13.8. The first-order valence-electron chi connectivity index (χ1n) is 5.97. The molecule has 0 amide bonds. The lowest BCUT2D eigenvalue weighted by Gasteiger charge is -2.14. The first-order valence-corrected chi connectivity index (χ1v) is 6.77. The highest BCUT2D eigenvalue weighted by Gasteiger charge is 2.22. The maximum Gasteiger partial charge on any atom is 0.311 e. The first kappa shape index (κ1) is 13.7. The number of carbonyl (C=O) groups is 1. The van der Waals surface area contributed by atoms with Gasteiger partial charge in [0.2, 0.25) is 0 Å². The van der Waals surface area contributed by atoms with E-state index >= 15 is 0 Å². The summed E-state index contributed by atoms with van der Waals surface area (Å²) >= 11 is 3.41. The number of carboxylic acid groups (broad SMARTS) is 1. The Labute approximate surface area is 120 Å². The molecule has 4 heteroatoms. The summed E-state index contributed by atoms with van der Waals surface area (Å²) in [6, 6.07) is 13.1. The molecule has 2 rings (SSSR count). The highest BCUT2D eigenvalue weighted by Crippen LogP contribution is 2.27. The summed E-state index contributed by atoms with van der Waals surface area (Å²) in [6.45, 7) is 1.90. The zero-order valence-electron chi connectivity index (χ0n) is 10.5. The predicted molar refractivity (Wildman–Crippen MR) is 77.2 cm³/mol. The van der Waals surface area contributed by atoms with Gasteiger partial charge in [-0.1, -0.05) is 40.2 Å². The van der Waals surface area contributed by atoms with Crippen LogP contribution in [0.15, 0.2) is 46.9 Å². The van der Waals surface area contributed by atoms with Gasteiger partial charge < -0.3 is 5.11 Å². The number of benzene rings is 1. The van der Waals surface area contributed by atoms with Crippen molar-refractivity contribution in [1.82, 2.24) is 4.98 Å². The lowest BCUT2D eigenvalue weighted by molar-refractivity contribution is -0.138. The number of aryl methyl sites for hydroxylation is 1. The third-order valence-electron chi connectivity index (χ3n) is 2.94. The first-order chi connectivity index (χ1) is 9.08. The van der Waals surface area contributed by atoms with Crippen molar-refractivity contribution in [2.45, 2.75) is 19.3 Å². The third kappa shape index (κ3) is 3.41. The topological polar surface area (TPSA) is 50.2 Å². The van der Waals surface area contributed by atoms with Crippen LogP contribution in [0.25, 0.3) is 0 Å². The van der Waals surface area contributed by atoms with Crippen LogP contribution in [0.4, 0.5) is 0 Å². The molecule has 0 spiro atoms. The molecule has 19 heavy (non-hydrogen) atoms. The van der Waals surface area contributed by atoms with Gasteiger partial charge in [-0.25, -0.2) is 0 Å². The Kier molecular flexibility index (Phi) is 4.32. The van der Waals surface area contributed by atoms with E-state index in [0.29, 0.717) is 6.42 Å². The van der Waals surface area contributed by atoms with E-state index in [1.165, 1.54) is 0 Å². The van der Waals surface area contributed by atoms with Gasteiger partial charge in [-0.3, -0.25) is 9.78 Å². The van der Waals surface area contributed by atoms with Crippen molar-refractivity contribution < 1.29 is 9.90 Å². The number of rotatable bonds is 4. The molecule has 0 aliphatic carbocycles. The maximum absolute atomic E-state index is 11.5. The minimum atomic E-state index is -0.838. The molecular formula is C15H14BrNO2. The molecule has 0 radical (unpaired) electrons. The maximum atomic E-state index is 11.5. The molecule has 1 atom stereocenters. The Morgan fingerprint density at radius 1 is 1.26 bits per heavy atom. The minimum absolute atomic E-state index is 0.389. The molecule has 0 saturated heterocycles. The van der Waals surface area contributed by atoms with Crippen molar-refractivity contribution in [2.75, 3.05) is 0 Å². The lowest BCUT2D eigenvalue weighted by Crippen LogP contribution is -2.15. The van der Waals surface area contributed by atoms with Crippen molar-refractivity contribution in [3.05, 3.63) is 63.9 Å². The highest BCUT2D eigenvalue weighted by molar-refractivity contribution is 9.10. The Morgan fingerprint density at radius 3 is 2.63 bits per heavy atom. The molecule has 1 heterocycles. The summed E-state index contributed by atoms with van der Waals surface area (Å²) < 4.78 is 0.815. The van der Waals surface area contributed by atoms with E-state index in [4.69, 9.17) is 0 Å². The number of aromatic nitrogens is 1. The Morgan fingerprint density at radius 2 is 2.00 bits per heavy atom. The van der Waals surface area contributed by atoms with Crippen LogP contribution in [0.3, 0.4) is 0 Å². The van der Waals surface area contributed by atoms with Crippen LogP contribution in [0.5, 0.6) is 0 Å². The number of carboxylic acids is 1. The number of nitrogens with zero attached hydrogens (tertiary/aromatic N) is 1. The zero-order valence-corrected chi connectivity index (χ0v) is 12.1. The molecule has 0 fully saturated rings. The molecule has 0 aliphatic heterocycles. The summed E-state index contributed by atoms with van der Waals surface area (Å²) in [7, 11) is 0. The van der Waals surface area contributed by atoms with Gasteiger partial charge in [-0.15, -0.1) is 0 Å². The minimum Gasteiger partial charge on any atom is -0.481 e. The second-order valence-electron chi connectivity index (χ2n) is 4.39. The quantitative estimate of drug-likeness (QED) is 0.937. The summed E-state index contributed by atoms with van der Waals surface area (Å²) in [4.78, 5) is 15.9. The van der Waals surface area contributed by atoms with Crippen molar-refractivity contribution in [3.63, 3.8) is 0 Å². The van der Waals surface area contributed by atoms with Gasteiger partial charge in [-0.05, 0) is 30.7 Å². The van der Waals surface area contributed by atoms with Gasteiger partial charge in [0.15, 0.2) is 0 Å². The fraction of sp³-hybridized carbons (Fsp3) is 0.200. The van der Waals surface area contributed by atoms with Crippen molar-refractivity contribution >= 4 is 21.9 Å². The summed E-state index contributed by atoms with van der Waals surface area (Å²) in [5.74, 6) is -1.43. The molecule has 1 N–H and O–H groups in total. The Hall–Kier alpha value is -1.68. The number of hydrogen-bond donors (Lipinski definition) is 1. The van der Waals surface area contributed by atoms with Gasteiger partial charge in [0.25, 0.3) is 0 Å². The van der Waals surface area contributed by atoms with Crippen LogP contribution in [0.2, 0.25) is 0 Å². The molecule has 1 unspecified atom stereocenters. The number of pyridine rings is 1. The van der Waals surface area contributed by atoms with Crippen molar-refractivity contribution in [3.8, 4) is 0 Å². The summed E-state index contributed by atoms with van der Waals surface area (Å²) in [5.41, 5.74) is 2.47. The second kappa shape index (κ2) is 5.97. The van der Waals surface area contributed by atoms with Gasteiger partial charge >= 0.3 is 5.97 Å².